The molecular formula is C13H17Cl3N2O. The Bertz CT molecular complexity index is 457. The number of hydrogen-bond donors (Lipinski definition) is 1. The first-order valence-electron chi connectivity index (χ1n) is 5.98. The van der Waals surface area contributed by atoms with Gasteiger partial charge in [0.15, 0.2) is 0 Å². The molecule has 0 spiro atoms. The maximum atomic E-state index is 12.4. The first kappa shape index (κ1) is 16.6. The van der Waals surface area contributed by atoms with Gasteiger partial charge in [-0.2, -0.15) is 0 Å². The average Bonchev–Trinajstić information content (AvgIpc) is 2.30. The number of piperazine rings is 1. The lowest BCUT2D eigenvalue weighted by molar-refractivity contribution is 0.0674. The van der Waals surface area contributed by atoms with E-state index in [2.05, 4.69) is 19.2 Å². The predicted molar refractivity (Wildman–Crippen MR) is 81.7 cm³/mol. The van der Waals surface area contributed by atoms with Crippen molar-refractivity contribution in [1.29, 1.82) is 0 Å². The van der Waals surface area contributed by atoms with Crippen molar-refractivity contribution in [2.45, 2.75) is 25.9 Å². The number of amides is 1. The highest BCUT2D eigenvalue weighted by Gasteiger charge is 2.26. The van der Waals surface area contributed by atoms with Gasteiger partial charge in [-0.05, 0) is 26.0 Å². The molecule has 0 bridgehead atoms. The Kier molecular flexibility index (Phi) is 5.93. The van der Waals surface area contributed by atoms with Crippen LogP contribution in [0.1, 0.15) is 24.2 Å². The highest BCUT2D eigenvalue weighted by Crippen LogP contribution is 2.26. The molecule has 2 atom stereocenters. The van der Waals surface area contributed by atoms with Gasteiger partial charge in [-0.3, -0.25) is 4.79 Å². The van der Waals surface area contributed by atoms with Gasteiger partial charge < -0.3 is 10.2 Å². The average molecular weight is 324 g/mol. The third-order valence-corrected chi connectivity index (χ3v) is 3.85. The molecular weight excluding hydrogens is 307 g/mol. The number of nitrogens with zero attached hydrogens (tertiary/aromatic N) is 1. The second-order valence-corrected chi connectivity index (χ2v) is 5.57. The van der Waals surface area contributed by atoms with Crippen molar-refractivity contribution in [2.75, 3.05) is 13.1 Å². The summed E-state index contributed by atoms with van der Waals surface area (Å²) in [7, 11) is 0. The quantitative estimate of drug-likeness (QED) is 0.860. The van der Waals surface area contributed by atoms with Crippen LogP contribution in [0, 0.1) is 0 Å². The zero-order chi connectivity index (χ0) is 13.3. The highest BCUT2D eigenvalue weighted by atomic mass is 35.5. The number of hydrogen-bond acceptors (Lipinski definition) is 2. The topological polar surface area (TPSA) is 32.3 Å². The fraction of sp³-hybridized carbons (Fsp3) is 0.462. The molecule has 0 aromatic heterocycles. The molecule has 3 nitrogen and oxygen atoms in total. The van der Waals surface area contributed by atoms with Gasteiger partial charge >= 0.3 is 0 Å². The number of nitrogens with one attached hydrogen (secondary N) is 1. The summed E-state index contributed by atoms with van der Waals surface area (Å²) in [5.74, 6) is -0.0531. The van der Waals surface area contributed by atoms with Crippen molar-refractivity contribution in [3.63, 3.8) is 0 Å². The Morgan fingerprint density at radius 2 is 1.84 bits per heavy atom. The molecule has 2 rings (SSSR count). The summed E-state index contributed by atoms with van der Waals surface area (Å²) in [5.41, 5.74) is 0.477. The van der Waals surface area contributed by atoms with Crippen LogP contribution in [0.5, 0.6) is 0 Å². The molecule has 1 N–H and O–H groups in total. The number of halogens is 3. The van der Waals surface area contributed by atoms with Crippen molar-refractivity contribution in [3.8, 4) is 0 Å². The monoisotopic (exact) mass is 322 g/mol. The van der Waals surface area contributed by atoms with Crippen LogP contribution < -0.4 is 5.32 Å². The van der Waals surface area contributed by atoms with E-state index in [1.807, 2.05) is 4.90 Å². The van der Waals surface area contributed by atoms with Gasteiger partial charge in [-0.1, -0.05) is 29.3 Å². The van der Waals surface area contributed by atoms with Crippen LogP contribution in [0.25, 0.3) is 0 Å². The Hall–Kier alpha value is -0.480. The lowest BCUT2D eigenvalue weighted by atomic mass is 10.1. The van der Waals surface area contributed by atoms with Crippen LogP contribution in [0.15, 0.2) is 18.2 Å². The Morgan fingerprint density at radius 3 is 2.42 bits per heavy atom. The predicted octanol–water partition coefficient (Wildman–Crippen LogP) is 3.24. The van der Waals surface area contributed by atoms with Gasteiger partial charge in [0, 0.05) is 25.2 Å². The molecule has 1 amide bonds. The molecule has 1 aliphatic heterocycles. The molecule has 1 aromatic carbocycles. The van der Waals surface area contributed by atoms with Gasteiger partial charge in [0.2, 0.25) is 0 Å². The van der Waals surface area contributed by atoms with Crippen LogP contribution in [0.2, 0.25) is 10.0 Å². The van der Waals surface area contributed by atoms with Crippen molar-refractivity contribution < 1.29 is 4.79 Å². The van der Waals surface area contributed by atoms with Crippen LogP contribution in [0.4, 0.5) is 0 Å². The summed E-state index contributed by atoms with van der Waals surface area (Å²) in [4.78, 5) is 14.2. The van der Waals surface area contributed by atoms with Gasteiger partial charge in [0.1, 0.15) is 0 Å². The SMILES string of the molecule is CC1CN(C(=O)c2cccc(Cl)c2Cl)CC(C)N1.Cl. The van der Waals surface area contributed by atoms with Crippen LogP contribution in [-0.2, 0) is 0 Å². The normalized spacial score (nSPS) is 22.8. The second-order valence-electron chi connectivity index (χ2n) is 4.78. The molecule has 1 heterocycles. The molecule has 1 aliphatic rings. The molecule has 19 heavy (non-hydrogen) atoms. The third kappa shape index (κ3) is 3.76. The second kappa shape index (κ2) is 6.80. The zero-order valence-electron chi connectivity index (χ0n) is 10.8. The fourth-order valence-electron chi connectivity index (χ4n) is 2.33. The summed E-state index contributed by atoms with van der Waals surface area (Å²) in [6.45, 7) is 5.50. The maximum Gasteiger partial charge on any atom is 0.255 e. The van der Waals surface area contributed by atoms with E-state index >= 15 is 0 Å². The van der Waals surface area contributed by atoms with E-state index in [4.69, 9.17) is 23.2 Å². The van der Waals surface area contributed by atoms with Gasteiger partial charge in [0.05, 0.1) is 15.6 Å². The molecule has 2 unspecified atom stereocenters. The summed E-state index contributed by atoms with van der Waals surface area (Å²) in [5, 5.41) is 4.14. The van der Waals surface area contributed by atoms with Gasteiger partial charge in [-0.25, -0.2) is 0 Å². The molecule has 1 aromatic rings. The Labute approximate surface area is 129 Å². The van der Waals surface area contributed by atoms with E-state index in [9.17, 15) is 4.79 Å². The van der Waals surface area contributed by atoms with Gasteiger partial charge in [0.25, 0.3) is 5.91 Å². The van der Waals surface area contributed by atoms with Crippen LogP contribution >= 0.6 is 35.6 Å². The lowest BCUT2D eigenvalue weighted by Crippen LogP contribution is -2.55. The smallest absolute Gasteiger partial charge is 0.255 e. The van der Waals surface area contributed by atoms with Crippen LogP contribution in [0.3, 0.4) is 0 Å². The van der Waals surface area contributed by atoms with E-state index in [0.29, 0.717) is 28.7 Å². The molecule has 0 saturated carbocycles. The number of carbonyl (C=O) groups is 1. The lowest BCUT2D eigenvalue weighted by Gasteiger charge is -2.36. The summed E-state index contributed by atoms with van der Waals surface area (Å²) >= 11 is 12.0. The van der Waals surface area contributed by atoms with Crippen LogP contribution in [-0.4, -0.2) is 36.0 Å². The first-order valence-corrected chi connectivity index (χ1v) is 6.74. The minimum Gasteiger partial charge on any atom is -0.335 e. The highest BCUT2D eigenvalue weighted by molar-refractivity contribution is 6.43. The maximum absolute atomic E-state index is 12.4. The van der Waals surface area contributed by atoms with E-state index in [1.54, 1.807) is 18.2 Å². The van der Waals surface area contributed by atoms with Crippen molar-refractivity contribution in [1.82, 2.24) is 10.2 Å². The summed E-state index contributed by atoms with van der Waals surface area (Å²) in [6, 6.07) is 5.72. The molecule has 0 aliphatic carbocycles. The summed E-state index contributed by atoms with van der Waals surface area (Å²) in [6.07, 6.45) is 0. The molecule has 0 radical (unpaired) electrons. The first-order chi connectivity index (χ1) is 8.49. The van der Waals surface area contributed by atoms with Gasteiger partial charge in [-0.15, -0.1) is 12.4 Å². The zero-order valence-corrected chi connectivity index (χ0v) is 13.1. The van der Waals surface area contributed by atoms with E-state index in [1.165, 1.54) is 0 Å². The third-order valence-electron chi connectivity index (χ3n) is 3.03. The Morgan fingerprint density at radius 1 is 1.26 bits per heavy atom. The standard InChI is InChI=1S/C13H16Cl2N2O.ClH/c1-8-6-17(7-9(2)16-8)13(18)10-4-3-5-11(14)12(10)15;/h3-5,8-9,16H,6-7H2,1-2H3;1H. The van der Waals surface area contributed by atoms with Crippen molar-refractivity contribution in [2.24, 2.45) is 0 Å². The Balaban J connectivity index is 0.00000180. The van der Waals surface area contributed by atoms with Crippen molar-refractivity contribution in [3.05, 3.63) is 33.8 Å². The molecule has 1 fully saturated rings. The molecule has 6 heteroatoms. The number of carbonyl (C=O) groups excluding carboxylic acids is 1. The van der Waals surface area contributed by atoms with Crippen molar-refractivity contribution >= 4 is 41.5 Å². The van der Waals surface area contributed by atoms with E-state index in [-0.39, 0.29) is 30.4 Å². The minimum absolute atomic E-state index is 0. The minimum atomic E-state index is -0.0531. The number of rotatable bonds is 1. The number of benzene rings is 1. The summed E-state index contributed by atoms with van der Waals surface area (Å²) < 4.78 is 0. The van der Waals surface area contributed by atoms with E-state index in [0.717, 1.165) is 0 Å². The largest absolute Gasteiger partial charge is 0.335 e. The molecule has 106 valence electrons. The fourth-order valence-corrected chi connectivity index (χ4v) is 2.71. The van der Waals surface area contributed by atoms with E-state index < -0.39 is 0 Å². The molecule has 1 saturated heterocycles.